The summed E-state index contributed by atoms with van der Waals surface area (Å²) in [6, 6.07) is 0. The largest absolute Gasteiger partial charge is 0.462 e. The Kier molecular flexibility index (Phi) is 40.8. The van der Waals surface area contributed by atoms with Gasteiger partial charge in [0.05, 0.1) is 0 Å². The molecule has 0 aliphatic carbocycles. The van der Waals surface area contributed by atoms with Crippen LogP contribution < -0.4 is 0 Å². The fourth-order valence-corrected chi connectivity index (χ4v) is 7.25. The zero-order chi connectivity index (χ0) is 40.5. The predicted molar refractivity (Wildman–Crippen MR) is 233 cm³/mol. The zero-order valence-corrected chi connectivity index (χ0v) is 37.6. The predicted octanol–water partition coefficient (Wildman–Crippen LogP) is 15.4. The van der Waals surface area contributed by atoms with Gasteiger partial charge in [-0.05, 0) is 31.1 Å². The number of carbonyl (C=O) groups is 3. The van der Waals surface area contributed by atoms with E-state index < -0.39 is 6.10 Å². The van der Waals surface area contributed by atoms with Gasteiger partial charge in [-0.2, -0.15) is 0 Å². The second-order valence-electron chi connectivity index (χ2n) is 17.5. The van der Waals surface area contributed by atoms with Gasteiger partial charge in [0.15, 0.2) is 6.10 Å². The minimum Gasteiger partial charge on any atom is -0.462 e. The van der Waals surface area contributed by atoms with Crippen LogP contribution in [0.5, 0.6) is 0 Å². The SMILES string of the molecule is CCCCCCCCCCCCCCCCCC(=O)OC[C@H](COC(=O)CCCCCCCCCCC(C)CC)OC(=O)CCCCCCCCCC(C)C. The van der Waals surface area contributed by atoms with Crippen molar-refractivity contribution in [1.29, 1.82) is 0 Å². The van der Waals surface area contributed by atoms with Crippen molar-refractivity contribution in [1.82, 2.24) is 0 Å². The fourth-order valence-electron chi connectivity index (χ4n) is 7.25. The third-order valence-electron chi connectivity index (χ3n) is 11.3. The lowest BCUT2D eigenvalue weighted by Gasteiger charge is -2.18. The molecular weight excluding hydrogens is 685 g/mol. The lowest BCUT2D eigenvalue weighted by molar-refractivity contribution is -0.167. The highest BCUT2D eigenvalue weighted by molar-refractivity contribution is 5.71. The van der Waals surface area contributed by atoms with Gasteiger partial charge in [-0.1, -0.05) is 227 Å². The summed E-state index contributed by atoms with van der Waals surface area (Å²) in [6.07, 6.45) is 40.9. The molecule has 0 aromatic rings. The van der Waals surface area contributed by atoms with Crippen molar-refractivity contribution < 1.29 is 28.6 Å². The lowest BCUT2D eigenvalue weighted by atomic mass is 9.99. The van der Waals surface area contributed by atoms with Gasteiger partial charge >= 0.3 is 17.9 Å². The third-order valence-corrected chi connectivity index (χ3v) is 11.3. The van der Waals surface area contributed by atoms with Crippen molar-refractivity contribution in [2.24, 2.45) is 11.8 Å². The van der Waals surface area contributed by atoms with Crippen LogP contribution in [0, 0.1) is 11.8 Å². The molecule has 0 heterocycles. The summed E-state index contributed by atoms with van der Waals surface area (Å²) < 4.78 is 16.7. The number of hydrogen-bond acceptors (Lipinski definition) is 6. The highest BCUT2D eigenvalue weighted by atomic mass is 16.6. The first-order valence-corrected chi connectivity index (χ1v) is 24.3. The number of unbranched alkanes of at least 4 members (excludes halogenated alkanes) is 27. The van der Waals surface area contributed by atoms with E-state index in [1.54, 1.807) is 0 Å². The molecule has 2 atom stereocenters. The molecule has 0 aliphatic heterocycles. The summed E-state index contributed by atoms with van der Waals surface area (Å²) in [5.41, 5.74) is 0. The Hall–Kier alpha value is -1.59. The Morgan fingerprint density at radius 1 is 0.382 bits per heavy atom. The summed E-state index contributed by atoms with van der Waals surface area (Å²) in [5.74, 6) is 0.768. The molecule has 0 rings (SSSR count). The van der Waals surface area contributed by atoms with Crippen molar-refractivity contribution in [2.75, 3.05) is 13.2 Å². The Bertz CT molecular complexity index is 841. The van der Waals surface area contributed by atoms with Gasteiger partial charge in [-0.15, -0.1) is 0 Å². The van der Waals surface area contributed by atoms with E-state index in [1.807, 2.05) is 0 Å². The standard InChI is InChI=1S/C49H94O6/c1-6-8-9-10-11-12-13-14-15-16-17-18-24-29-34-39-47(50)53-42-46(55-49(52)41-36-31-26-21-22-27-32-37-44(3)4)43-54-48(51)40-35-30-25-20-19-23-28-33-38-45(5)7-2/h44-46H,6-43H2,1-5H3/t45?,46-/m1/s1. The van der Waals surface area contributed by atoms with Crippen LogP contribution in [-0.4, -0.2) is 37.2 Å². The first-order chi connectivity index (χ1) is 26.8. The molecule has 0 aromatic heterocycles. The summed E-state index contributed by atoms with van der Waals surface area (Å²) in [5, 5.41) is 0. The van der Waals surface area contributed by atoms with Crippen LogP contribution >= 0.6 is 0 Å². The quantitative estimate of drug-likeness (QED) is 0.0348. The molecule has 1 unspecified atom stereocenters. The van der Waals surface area contributed by atoms with Gasteiger partial charge in [0, 0.05) is 19.3 Å². The molecule has 0 bridgehead atoms. The number of rotatable bonds is 43. The van der Waals surface area contributed by atoms with Gasteiger partial charge in [0.2, 0.25) is 0 Å². The lowest BCUT2D eigenvalue weighted by Crippen LogP contribution is -2.30. The molecule has 326 valence electrons. The van der Waals surface area contributed by atoms with Crippen LogP contribution in [-0.2, 0) is 28.6 Å². The Balaban J connectivity index is 4.30. The maximum absolute atomic E-state index is 12.7. The number of carbonyl (C=O) groups excluding carboxylic acids is 3. The fraction of sp³-hybridized carbons (Fsp3) is 0.939. The molecule has 0 aromatic carbocycles. The van der Waals surface area contributed by atoms with Crippen LogP contribution in [0.1, 0.15) is 266 Å². The maximum Gasteiger partial charge on any atom is 0.306 e. The normalized spacial score (nSPS) is 12.5. The highest BCUT2D eigenvalue weighted by Gasteiger charge is 2.19. The minimum absolute atomic E-state index is 0.0652. The summed E-state index contributed by atoms with van der Waals surface area (Å²) >= 11 is 0. The zero-order valence-electron chi connectivity index (χ0n) is 37.6. The molecule has 0 fully saturated rings. The Morgan fingerprint density at radius 2 is 0.691 bits per heavy atom. The monoisotopic (exact) mass is 779 g/mol. The Morgan fingerprint density at radius 3 is 1.04 bits per heavy atom. The number of hydrogen-bond donors (Lipinski definition) is 0. The van der Waals surface area contributed by atoms with E-state index in [4.69, 9.17) is 14.2 Å². The van der Waals surface area contributed by atoms with Crippen LogP contribution in [0.25, 0.3) is 0 Å². The molecule has 0 aliphatic rings. The minimum atomic E-state index is -0.761. The summed E-state index contributed by atoms with van der Waals surface area (Å²) in [7, 11) is 0. The molecule has 6 nitrogen and oxygen atoms in total. The van der Waals surface area contributed by atoms with Crippen LogP contribution in [0.3, 0.4) is 0 Å². The van der Waals surface area contributed by atoms with E-state index in [-0.39, 0.29) is 31.1 Å². The highest BCUT2D eigenvalue weighted by Crippen LogP contribution is 2.17. The average Bonchev–Trinajstić information content (AvgIpc) is 3.17. The van der Waals surface area contributed by atoms with Gasteiger partial charge in [-0.3, -0.25) is 14.4 Å². The number of esters is 3. The molecule has 0 spiro atoms. The van der Waals surface area contributed by atoms with Gasteiger partial charge in [0.25, 0.3) is 0 Å². The van der Waals surface area contributed by atoms with Crippen molar-refractivity contribution in [2.45, 2.75) is 272 Å². The maximum atomic E-state index is 12.7. The molecule has 0 radical (unpaired) electrons. The van der Waals surface area contributed by atoms with Crippen molar-refractivity contribution in [3.05, 3.63) is 0 Å². The second-order valence-corrected chi connectivity index (χ2v) is 17.5. The van der Waals surface area contributed by atoms with Crippen molar-refractivity contribution in [3.8, 4) is 0 Å². The Labute approximate surface area is 342 Å². The average molecular weight is 779 g/mol. The second kappa shape index (κ2) is 42.0. The first-order valence-electron chi connectivity index (χ1n) is 24.3. The summed E-state index contributed by atoms with van der Waals surface area (Å²) in [6.45, 7) is 11.3. The molecule has 6 heteroatoms. The van der Waals surface area contributed by atoms with E-state index in [9.17, 15) is 14.4 Å². The van der Waals surface area contributed by atoms with Crippen LogP contribution in [0.15, 0.2) is 0 Å². The van der Waals surface area contributed by atoms with Gasteiger partial charge in [-0.25, -0.2) is 0 Å². The van der Waals surface area contributed by atoms with Crippen molar-refractivity contribution in [3.63, 3.8) is 0 Å². The van der Waals surface area contributed by atoms with E-state index in [1.165, 1.54) is 154 Å². The van der Waals surface area contributed by atoms with Gasteiger partial charge in [0.1, 0.15) is 13.2 Å². The molecule has 0 saturated carbocycles. The van der Waals surface area contributed by atoms with Crippen molar-refractivity contribution >= 4 is 17.9 Å². The van der Waals surface area contributed by atoms with E-state index in [2.05, 4.69) is 34.6 Å². The first kappa shape index (κ1) is 53.4. The van der Waals surface area contributed by atoms with Crippen LogP contribution in [0.4, 0.5) is 0 Å². The number of ether oxygens (including phenoxy) is 3. The topological polar surface area (TPSA) is 78.9 Å². The van der Waals surface area contributed by atoms with Crippen LogP contribution in [0.2, 0.25) is 0 Å². The third kappa shape index (κ3) is 41.9. The van der Waals surface area contributed by atoms with E-state index in [0.717, 1.165) is 69.6 Å². The molecular formula is C49H94O6. The molecule has 0 amide bonds. The van der Waals surface area contributed by atoms with E-state index in [0.29, 0.717) is 19.3 Å². The molecule has 55 heavy (non-hydrogen) atoms. The molecule has 0 saturated heterocycles. The van der Waals surface area contributed by atoms with E-state index >= 15 is 0 Å². The summed E-state index contributed by atoms with van der Waals surface area (Å²) in [4.78, 5) is 37.8. The van der Waals surface area contributed by atoms with Gasteiger partial charge < -0.3 is 14.2 Å². The molecule has 0 N–H and O–H groups in total. The smallest absolute Gasteiger partial charge is 0.306 e.